The van der Waals surface area contributed by atoms with Crippen LogP contribution in [-0.4, -0.2) is 18.4 Å². The molecule has 1 heterocycles. The van der Waals surface area contributed by atoms with Gasteiger partial charge in [0.05, 0.1) is 11.5 Å². The number of benzene rings is 1. The van der Waals surface area contributed by atoms with Gasteiger partial charge in [-0.15, -0.1) is 11.3 Å². The quantitative estimate of drug-likeness (QED) is 0.484. The van der Waals surface area contributed by atoms with Gasteiger partial charge >= 0.3 is 5.97 Å². The van der Waals surface area contributed by atoms with E-state index in [9.17, 15) is 9.59 Å². The molecule has 0 spiro atoms. The fourth-order valence-electron chi connectivity index (χ4n) is 1.84. The molecule has 0 amide bonds. The van der Waals surface area contributed by atoms with E-state index in [1.165, 1.54) is 11.3 Å². The van der Waals surface area contributed by atoms with Gasteiger partial charge in [0.2, 0.25) is 0 Å². The van der Waals surface area contributed by atoms with E-state index < -0.39 is 11.8 Å². The Kier molecular flexibility index (Phi) is 3.48. The number of aryl methyl sites for hydroxylation is 2. The van der Waals surface area contributed by atoms with E-state index in [1.807, 2.05) is 32.0 Å². The highest BCUT2D eigenvalue weighted by molar-refractivity contribution is 7.21. The zero-order chi connectivity index (χ0) is 13.3. The van der Waals surface area contributed by atoms with Gasteiger partial charge in [-0.3, -0.25) is 4.79 Å². The molecule has 94 valence electrons. The van der Waals surface area contributed by atoms with Crippen LogP contribution in [0.3, 0.4) is 0 Å². The molecule has 0 fully saturated rings. The van der Waals surface area contributed by atoms with Crippen molar-refractivity contribution in [2.45, 2.75) is 20.8 Å². The van der Waals surface area contributed by atoms with Gasteiger partial charge in [-0.2, -0.15) is 0 Å². The minimum Gasteiger partial charge on any atom is -0.460 e. The Hall–Kier alpha value is -1.68. The van der Waals surface area contributed by atoms with E-state index in [2.05, 4.69) is 0 Å². The molecule has 1 aromatic heterocycles. The van der Waals surface area contributed by atoms with E-state index in [-0.39, 0.29) is 6.61 Å². The largest absolute Gasteiger partial charge is 0.460 e. The second-order valence-electron chi connectivity index (χ2n) is 4.11. The average molecular weight is 262 g/mol. The van der Waals surface area contributed by atoms with Crippen molar-refractivity contribution in [1.29, 1.82) is 0 Å². The molecule has 0 N–H and O–H groups in total. The second kappa shape index (κ2) is 4.90. The van der Waals surface area contributed by atoms with Crippen LogP contribution in [0.4, 0.5) is 0 Å². The smallest absolute Gasteiger partial charge is 0.380 e. The molecule has 18 heavy (non-hydrogen) atoms. The van der Waals surface area contributed by atoms with Crippen molar-refractivity contribution in [2.75, 3.05) is 6.61 Å². The highest BCUT2D eigenvalue weighted by Gasteiger charge is 2.23. The number of carbonyl (C=O) groups is 2. The van der Waals surface area contributed by atoms with E-state index in [1.54, 1.807) is 6.92 Å². The highest BCUT2D eigenvalue weighted by atomic mass is 32.1. The SMILES string of the molecule is CCOC(=O)C(=O)c1sc2cc(C)ccc2c1C. The summed E-state index contributed by atoms with van der Waals surface area (Å²) in [6.07, 6.45) is 0. The second-order valence-corrected chi connectivity index (χ2v) is 5.16. The van der Waals surface area contributed by atoms with Crippen LogP contribution in [0, 0.1) is 13.8 Å². The predicted octanol–water partition coefficient (Wildman–Crippen LogP) is 3.26. The summed E-state index contributed by atoms with van der Waals surface area (Å²) in [7, 11) is 0. The topological polar surface area (TPSA) is 43.4 Å². The minimum atomic E-state index is -0.774. The molecule has 0 unspecified atom stereocenters. The van der Waals surface area contributed by atoms with Crippen LogP contribution in [0.15, 0.2) is 18.2 Å². The fourth-order valence-corrected chi connectivity index (χ4v) is 3.07. The number of fused-ring (bicyclic) bond motifs is 1. The third-order valence-corrected chi connectivity index (χ3v) is 4.01. The maximum atomic E-state index is 11.9. The third kappa shape index (κ3) is 2.16. The maximum Gasteiger partial charge on any atom is 0.380 e. The molecule has 0 aliphatic rings. The first-order valence-electron chi connectivity index (χ1n) is 5.75. The number of hydrogen-bond donors (Lipinski definition) is 0. The summed E-state index contributed by atoms with van der Waals surface area (Å²) < 4.78 is 5.78. The molecule has 1 aromatic carbocycles. The number of rotatable bonds is 3. The summed E-state index contributed by atoms with van der Waals surface area (Å²) in [5, 5.41) is 1.03. The van der Waals surface area contributed by atoms with Crippen LogP contribution in [-0.2, 0) is 9.53 Å². The lowest BCUT2D eigenvalue weighted by Crippen LogP contribution is -2.17. The van der Waals surface area contributed by atoms with E-state index in [0.717, 1.165) is 21.2 Å². The first-order chi connectivity index (χ1) is 8.54. The molecular formula is C14H14O3S. The van der Waals surface area contributed by atoms with Gasteiger partial charge in [-0.1, -0.05) is 12.1 Å². The van der Waals surface area contributed by atoms with E-state index in [4.69, 9.17) is 4.74 Å². The monoisotopic (exact) mass is 262 g/mol. The number of ketones is 1. The Morgan fingerprint density at radius 1 is 1.28 bits per heavy atom. The number of Topliss-reactive ketones (excluding diaryl/α,β-unsaturated/α-hetero) is 1. The molecule has 0 radical (unpaired) electrons. The summed E-state index contributed by atoms with van der Waals surface area (Å²) in [4.78, 5) is 23.9. The molecule has 2 rings (SSSR count). The number of ether oxygens (including phenoxy) is 1. The maximum absolute atomic E-state index is 11.9. The summed E-state index contributed by atoms with van der Waals surface area (Å²) in [5.74, 6) is -1.32. The van der Waals surface area contributed by atoms with Crippen molar-refractivity contribution in [3.8, 4) is 0 Å². The van der Waals surface area contributed by atoms with Crippen LogP contribution in [0.25, 0.3) is 10.1 Å². The highest BCUT2D eigenvalue weighted by Crippen LogP contribution is 2.31. The molecule has 0 aliphatic carbocycles. The van der Waals surface area contributed by atoms with Gasteiger partial charge in [0, 0.05) is 4.70 Å². The molecule has 0 aliphatic heterocycles. The van der Waals surface area contributed by atoms with Gasteiger partial charge in [0.15, 0.2) is 0 Å². The molecule has 0 atom stereocenters. The zero-order valence-electron chi connectivity index (χ0n) is 10.6. The summed E-state index contributed by atoms with van der Waals surface area (Å²) in [6, 6.07) is 6.01. The molecule has 0 saturated carbocycles. The lowest BCUT2D eigenvalue weighted by atomic mass is 10.1. The van der Waals surface area contributed by atoms with Crippen LogP contribution in [0.5, 0.6) is 0 Å². The Morgan fingerprint density at radius 3 is 2.67 bits per heavy atom. The standard InChI is InChI=1S/C14H14O3S/c1-4-17-14(16)12(15)13-9(3)10-6-5-8(2)7-11(10)18-13/h5-7H,4H2,1-3H3. The number of esters is 1. The summed E-state index contributed by atoms with van der Waals surface area (Å²) in [6.45, 7) is 5.77. The fraction of sp³-hybridized carbons (Fsp3) is 0.286. The number of hydrogen-bond acceptors (Lipinski definition) is 4. The third-order valence-electron chi connectivity index (χ3n) is 2.76. The molecule has 0 saturated heterocycles. The van der Waals surface area contributed by atoms with Crippen LogP contribution >= 0.6 is 11.3 Å². The molecular weight excluding hydrogens is 248 g/mol. The zero-order valence-corrected chi connectivity index (χ0v) is 11.4. The Labute approximate surface area is 109 Å². The Bertz CT molecular complexity index is 625. The van der Waals surface area contributed by atoms with Gasteiger partial charge < -0.3 is 4.74 Å². The van der Waals surface area contributed by atoms with E-state index in [0.29, 0.717) is 4.88 Å². The van der Waals surface area contributed by atoms with Crippen molar-refractivity contribution in [3.05, 3.63) is 34.2 Å². The Balaban J connectivity index is 2.49. The molecule has 0 bridgehead atoms. The van der Waals surface area contributed by atoms with Gasteiger partial charge in [-0.05, 0) is 43.4 Å². The van der Waals surface area contributed by atoms with E-state index >= 15 is 0 Å². The number of thiophene rings is 1. The minimum absolute atomic E-state index is 0.216. The predicted molar refractivity (Wildman–Crippen MR) is 72.3 cm³/mol. The van der Waals surface area contributed by atoms with Gasteiger partial charge in [0.25, 0.3) is 5.78 Å². The van der Waals surface area contributed by atoms with Crippen molar-refractivity contribution in [1.82, 2.24) is 0 Å². The lowest BCUT2D eigenvalue weighted by Gasteiger charge is -1.99. The van der Waals surface area contributed by atoms with Gasteiger partial charge in [-0.25, -0.2) is 4.79 Å². The number of carbonyl (C=O) groups excluding carboxylic acids is 2. The summed E-state index contributed by atoms with van der Waals surface area (Å²) >= 11 is 1.35. The normalized spacial score (nSPS) is 10.6. The van der Waals surface area contributed by atoms with Crippen molar-refractivity contribution in [3.63, 3.8) is 0 Å². The Morgan fingerprint density at radius 2 is 2.00 bits per heavy atom. The van der Waals surface area contributed by atoms with Crippen LogP contribution in [0.1, 0.15) is 27.7 Å². The van der Waals surface area contributed by atoms with Crippen molar-refractivity contribution >= 4 is 33.2 Å². The molecule has 4 heteroatoms. The van der Waals surface area contributed by atoms with Gasteiger partial charge in [0.1, 0.15) is 0 Å². The first-order valence-corrected chi connectivity index (χ1v) is 6.57. The molecule has 2 aromatic rings. The van der Waals surface area contributed by atoms with Crippen LogP contribution in [0.2, 0.25) is 0 Å². The lowest BCUT2D eigenvalue weighted by molar-refractivity contribution is -0.137. The van der Waals surface area contributed by atoms with Crippen molar-refractivity contribution in [2.24, 2.45) is 0 Å². The average Bonchev–Trinajstić information content (AvgIpc) is 2.65. The molecule has 3 nitrogen and oxygen atoms in total. The summed E-state index contributed by atoms with van der Waals surface area (Å²) in [5.41, 5.74) is 1.99. The van der Waals surface area contributed by atoms with Crippen LogP contribution < -0.4 is 0 Å². The van der Waals surface area contributed by atoms with Crippen molar-refractivity contribution < 1.29 is 14.3 Å². The first kappa shape index (κ1) is 12.8.